The maximum Gasteiger partial charge on any atom is 0.229 e. The van der Waals surface area contributed by atoms with Crippen LogP contribution in [0, 0.1) is 11.8 Å². The Hall–Kier alpha value is -1.34. The standard InChI is InChI=1S/C19H27N3O2S2/c1-12-5-7-13(8-6-12)17(23)22-18-21-10-16(26-18)25-11-15-20-9-14(24-15)19(2,3)4/h9-10,12-13H,5-8,11H2,1-4H3,(H,21,22,23). The third kappa shape index (κ3) is 5.10. The van der Waals surface area contributed by atoms with Gasteiger partial charge in [-0.1, -0.05) is 39.0 Å². The number of anilines is 1. The van der Waals surface area contributed by atoms with Crippen molar-refractivity contribution in [3.8, 4) is 0 Å². The predicted molar refractivity (Wildman–Crippen MR) is 107 cm³/mol. The predicted octanol–water partition coefficient (Wildman–Crippen LogP) is 5.49. The van der Waals surface area contributed by atoms with Gasteiger partial charge in [0.15, 0.2) is 5.13 Å². The summed E-state index contributed by atoms with van der Waals surface area (Å²) < 4.78 is 6.86. The first-order valence-corrected chi connectivity index (χ1v) is 11.0. The number of nitrogens with zero attached hydrogens (tertiary/aromatic N) is 2. The number of carbonyl (C=O) groups is 1. The highest BCUT2D eigenvalue weighted by atomic mass is 32.2. The lowest BCUT2D eigenvalue weighted by molar-refractivity contribution is -0.121. The molecule has 0 radical (unpaired) electrons. The molecule has 0 spiro atoms. The van der Waals surface area contributed by atoms with Crippen molar-refractivity contribution >= 4 is 34.1 Å². The fourth-order valence-corrected chi connectivity index (χ4v) is 4.70. The highest BCUT2D eigenvalue weighted by Crippen LogP contribution is 2.33. The van der Waals surface area contributed by atoms with Crippen molar-refractivity contribution in [3.05, 3.63) is 24.0 Å². The molecule has 2 aromatic heterocycles. The van der Waals surface area contributed by atoms with E-state index in [1.165, 1.54) is 11.3 Å². The van der Waals surface area contributed by atoms with Crippen LogP contribution < -0.4 is 5.32 Å². The van der Waals surface area contributed by atoms with Crippen molar-refractivity contribution in [2.45, 2.75) is 68.8 Å². The molecule has 0 atom stereocenters. The molecule has 1 saturated carbocycles. The summed E-state index contributed by atoms with van der Waals surface area (Å²) in [6.45, 7) is 8.58. The van der Waals surface area contributed by atoms with Crippen molar-refractivity contribution < 1.29 is 9.21 Å². The van der Waals surface area contributed by atoms with E-state index in [1.54, 1.807) is 18.0 Å². The van der Waals surface area contributed by atoms with Gasteiger partial charge < -0.3 is 9.73 Å². The molecule has 1 fully saturated rings. The van der Waals surface area contributed by atoms with E-state index in [1.807, 2.05) is 6.20 Å². The molecule has 7 heteroatoms. The number of hydrogen-bond donors (Lipinski definition) is 1. The van der Waals surface area contributed by atoms with E-state index < -0.39 is 0 Å². The fraction of sp³-hybridized carbons (Fsp3) is 0.632. The van der Waals surface area contributed by atoms with Crippen molar-refractivity contribution in [1.29, 1.82) is 0 Å². The Kier molecular flexibility index (Phi) is 6.07. The summed E-state index contributed by atoms with van der Waals surface area (Å²) in [5.41, 5.74) is -0.0330. The van der Waals surface area contributed by atoms with Crippen LogP contribution in [0.3, 0.4) is 0 Å². The van der Waals surface area contributed by atoms with Crippen LogP contribution in [0.4, 0.5) is 5.13 Å². The van der Waals surface area contributed by atoms with Crippen molar-refractivity contribution in [2.24, 2.45) is 11.8 Å². The minimum atomic E-state index is -0.0330. The van der Waals surface area contributed by atoms with E-state index in [2.05, 4.69) is 43.0 Å². The van der Waals surface area contributed by atoms with Crippen LogP contribution in [0.25, 0.3) is 0 Å². The summed E-state index contributed by atoms with van der Waals surface area (Å²) >= 11 is 3.14. The Morgan fingerprint density at radius 1 is 1.27 bits per heavy atom. The minimum Gasteiger partial charge on any atom is -0.444 e. The van der Waals surface area contributed by atoms with Crippen LogP contribution in [0.1, 0.15) is 65.0 Å². The third-order valence-corrected chi connectivity index (χ3v) is 6.82. The SMILES string of the molecule is CC1CCC(C(=O)Nc2ncc(SCc3ncc(C(C)(C)C)o3)s2)CC1. The van der Waals surface area contributed by atoms with Crippen LogP contribution in [-0.2, 0) is 16.0 Å². The molecule has 0 unspecified atom stereocenters. The monoisotopic (exact) mass is 393 g/mol. The summed E-state index contributed by atoms with van der Waals surface area (Å²) in [5.74, 6) is 3.27. The molecule has 1 aliphatic carbocycles. The largest absolute Gasteiger partial charge is 0.444 e. The number of thioether (sulfide) groups is 1. The molecule has 0 bridgehead atoms. The molecule has 0 saturated heterocycles. The molecule has 0 aromatic carbocycles. The number of rotatable bonds is 5. The first kappa shape index (κ1) is 19.4. The van der Waals surface area contributed by atoms with Gasteiger partial charge in [-0.15, -0.1) is 11.8 Å². The van der Waals surface area contributed by atoms with Crippen molar-refractivity contribution in [2.75, 3.05) is 5.32 Å². The number of amides is 1. The number of hydrogen-bond acceptors (Lipinski definition) is 6. The lowest BCUT2D eigenvalue weighted by Gasteiger charge is -2.24. The Balaban J connectivity index is 1.50. The van der Waals surface area contributed by atoms with Gasteiger partial charge in [0.2, 0.25) is 11.8 Å². The second kappa shape index (κ2) is 8.13. The van der Waals surface area contributed by atoms with Crippen LogP contribution in [0.2, 0.25) is 0 Å². The topological polar surface area (TPSA) is 68.0 Å². The molecule has 5 nitrogen and oxygen atoms in total. The minimum absolute atomic E-state index is 0.0330. The molecule has 1 amide bonds. The fourth-order valence-electron chi connectivity index (χ4n) is 2.97. The molecule has 1 N–H and O–H groups in total. The molecule has 1 aliphatic rings. The maximum atomic E-state index is 12.4. The average molecular weight is 394 g/mol. The van der Waals surface area contributed by atoms with Gasteiger partial charge in [0.1, 0.15) is 5.76 Å². The zero-order valence-corrected chi connectivity index (χ0v) is 17.5. The van der Waals surface area contributed by atoms with Gasteiger partial charge in [-0.05, 0) is 31.6 Å². The number of thiazole rings is 1. The average Bonchev–Trinajstić information content (AvgIpc) is 3.22. The van der Waals surface area contributed by atoms with Gasteiger partial charge in [-0.25, -0.2) is 9.97 Å². The van der Waals surface area contributed by atoms with Crippen molar-refractivity contribution in [1.82, 2.24) is 9.97 Å². The molecule has 3 rings (SSSR count). The van der Waals surface area contributed by atoms with E-state index >= 15 is 0 Å². The number of carbonyl (C=O) groups excluding carboxylic acids is 1. The van der Waals surface area contributed by atoms with Gasteiger partial charge in [-0.3, -0.25) is 4.79 Å². The number of aromatic nitrogens is 2. The summed E-state index contributed by atoms with van der Waals surface area (Å²) in [6.07, 6.45) is 7.87. The first-order chi connectivity index (χ1) is 12.3. The van der Waals surface area contributed by atoms with Crippen LogP contribution >= 0.6 is 23.1 Å². The molecular weight excluding hydrogens is 366 g/mol. The maximum absolute atomic E-state index is 12.4. The van der Waals surface area contributed by atoms with Crippen LogP contribution in [0.15, 0.2) is 21.0 Å². The summed E-state index contributed by atoms with van der Waals surface area (Å²) in [4.78, 5) is 21.1. The number of oxazole rings is 1. The highest BCUT2D eigenvalue weighted by molar-refractivity contribution is 8.00. The molecular formula is C19H27N3O2S2. The van der Waals surface area contributed by atoms with Gasteiger partial charge in [0.25, 0.3) is 0 Å². The first-order valence-electron chi connectivity index (χ1n) is 9.16. The second-order valence-corrected chi connectivity index (χ2v) is 10.4. The van der Waals surface area contributed by atoms with Gasteiger partial charge >= 0.3 is 0 Å². The van der Waals surface area contributed by atoms with E-state index in [4.69, 9.17) is 4.42 Å². The molecule has 2 aromatic rings. The van der Waals surface area contributed by atoms with Crippen LogP contribution in [-0.4, -0.2) is 15.9 Å². The van der Waals surface area contributed by atoms with Gasteiger partial charge in [0, 0.05) is 11.3 Å². The Morgan fingerprint density at radius 3 is 2.65 bits per heavy atom. The normalized spacial score (nSPS) is 20.9. The lowest BCUT2D eigenvalue weighted by Crippen LogP contribution is -2.26. The Morgan fingerprint density at radius 2 is 2.00 bits per heavy atom. The highest BCUT2D eigenvalue weighted by Gasteiger charge is 2.25. The molecule has 0 aliphatic heterocycles. The zero-order valence-electron chi connectivity index (χ0n) is 15.9. The van der Waals surface area contributed by atoms with E-state index in [0.29, 0.717) is 10.9 Å². The molecule has 2 heterocycles. The number of nitrogens with one attached hydrogen (secondary N) is 1. The van der Waals surface area contributed by atoms with Crippen molar-refractivity contribution in [3.63, 3.8) is 0 Å². The van der Waals surface area contributed by atoms with Crippen LogP contribution in [0.5, 0.6) is 0 Å². The zero-order chi connectivity index (χ0) is 18.7. The van der Waals surface area contributed by atoms with E-state index in [9.17, 15) is 4.79 Å². The Bertz CT molecular complexity index is 740. The van der Waals surface area contributed by atoms with E-state index in [-0.39, 0.29) is 17.2 Å². The smallest absolute Gasteiger partial charge is 0.229 e. The Labute approximate surface area is 163 Å². The molecule has 26 heavy (non-hydrogen) atoms. The van der Waals surface area contributed by atoms with E-state index in [0.717, 1.165) is 47.5 Å². The summed E-state index contributed by atoms with van der Waals surface area (Å²) in [5, 5.41) is 3.66. The lowest BCUT2D eigenvalue weighted by atomic mass is 9.82. The summed E-state index contributed by atoms with van der Waals surface area (Å²) in [6, 6.07) is 0. The second-order valence-electron chi connectivity index (χ2n) is 8.09. The van der Waals surface area contributed by atoms with Gasteiger partial charge in [-0.2, -0.15) is 0 Å². The third-order valence-electron chi connectivity index (χ3n) is 4.73. The molecule has 142 valence electrons. The summed E-state index contributed by atoms with van der Waals surface area (Å²) in [7, 11) is 0. The quantitative estimate of drug-likeness (QED) is 0.681. The van der Waals surface area contributed by atoms with Gasteiger partial charge in [0.05, 0.1) is 22.4 Å².